The van der Waals surface area contributed by atoms with E-state index in [4.69, 9.17) is 9.47 Å². The van der Waals surface area contributed by atoms with Crippen molar-refractivity contribution in [3.05, 3.63) is 35.3 Å². The maximum atomic E-state index is 11.6. The largest absolute Gasteiger partial charge is 0.501 e. The van der Waals surface area contributed by atoms with Gasteiger partial charge >= 0.3 is 5.97 Å². The van der Waals surface area contributed by atoms with Crippen molar-refractivity contribution >= 4 is 12.2 Å². The number of carbonyl (C=O) groups is 1. The van der Waals surface area contributed by atoms with Gasteiger partial charge in [0.25, 0.3) is 0 Å². The van der Waals surface area contributed by atoms with Crippen molar-refractivity contribution in [1.29, 1.82) is 0 Å². The maximum Gasteiger partial charge on any atom is 0.310 e. The molecule has 1 aliphatic carbocycles. The average Bonchev–Trinajstić information content (AvgIpc) is 2.53. The average molecular weight is 293 g/mol. The molecule has 1 rings (SSSR count). The Hall–Kier alpha value is -1.84. The number of methoxy groups -OCH3 is 1. The van der Waals surface area contributed by atoms with E-state index in [1.165, 1.54) is 0 Å². The lowest BCUT2D eigenvalue weighted by Crippen LogP contribution is -2.09. The van der Waals surface area contributed by atoms with Crippen molar-refractivity contribution in [2.24, 2.45) is 4.99 Å². The molecule has 0 saturated heterocycles. The Morgan fingerprint density at radius 3 is 2.57 bits per heavy atom. The summed E-state index contributed by atoms with van der Waals surface area (Å²) in [5, 5.41) is 0. The van der Waals surface area contributed by atoms with Crippen LogP contribution < -0.4 is 0 Å². The van der Waals surface area contributed by atoms with Crippen LogP contribution in [0.2, 0.25) is 0 Å². The van der Waals surface area contributed by atoms with Crippen LogP contribution >= 0.6 is 0 Å². The molecule has 0 atom stereocenters. The van der Waals surface area contributed by atoms with Gasteiger partial charge in [-0.15, -0.1) is 0 Å². The van der Waals surface area contributed by atoms with Crippen LogP contribution in [-0.4, -0.2) is 25.9 Å². The second-order valence-electron chi connectivity index (χ2n) is 4.38. The smallest absolute Gasteiger partial charge is 0.310 e. The number of hydrogen-bond acceptors (Lipinski definition) is 4. The first-order valence-electron chi connectivity index (χ1n) is 7.37. The Labute approximate surface area is 128 Å². The number of aliphatic imine (C=N–C) groups is 1. The van der Waals surface area contributed by atoms with Crippen molar-refractivity contribution in [2.45, 2.75) is 47.0 Å². The summed E-state index contributed by atoms with van der Waals surface area (Å²) < 4.78 is 10.4. The van der Waals surface area contributed by atoms with Gasteiger partial charge in [0.05, 0.1) is 19.3 Å². The van der Waals surface area contributed by atoms with Gasteiger partial charge in [-0.1, -0.05) is 19.9 Å². The molecular weight excluding hydrogens is 266 g/mol. The van der Waals surface area contributed by atoms with Gasteiger partial charge in [0.2, 0.25) is 0 Å². The molecule has 4 heteroatoms. The van der Waals surface area contributed by atoms with Gasteiger partial charge in [-0.05, 0) is 37.5 Å². The summed E-state index contributed by atoms with van der Waals surface area (Å²) >= 11 is 0. The lowest BCUT2D eigenvalue weighted by molar-refractivity contribution is -0.141. The molecular formula is C17H27NO3. The number of esters is 1. The molecule has 21 heavy (non-hydrogen) atoms. The van der Waals surface area contributed by atoms with Crippen molar-refractivity contribution in [1.82, 2.24) is 0 Å². The zero-order valence-corrected chi connectivity index (χ0v) is 13.8. The third-order valence-electron chi connectivity index (χ3n) is 2.75. The Balaban J connectivity index is 0.00000191. The molecule has 0 aromatic rings. The second kappa shape index (κ2) is 11.9. The molecule has 0 N–H and O–H groups in total. The highest BCUT2D eigenvalue weighted by Gasteiger charge is 2.09. The van der Waals surface area contributed by atoms with E-state index in [0.29, 0.717) is 6.61 Å². The minimum atomic E-state index is -0.220. The molecule has 0 radical (unpaired) electrons. The van der Waals surface area contributed by atoms with E-state index in [1.807, 2.05) is 39.8 Å². The number of ether oxygens (including phenoxy) is 2. The standard InChI is InChI=1S/C15H21NO3.C2H6/c1-4-16-10-12(2)9-15(17)19-11-13-5-7-14(18-3)8-6-13;1-2/h4-5,7,10H,6,8-9,11H2,1-3H3;1-2H3/b12-10+,16-4?;. The molecule has 0 aliphatic heterocycles. The minimum absolute atomic E-state index is 0.220. The van der Waals surface area contributed by atoms with Crippen molar-refractivity contribution < 1.29 is 14.3 Å². The van der Waals surface area contributed by atoms with Gasteiger partial charge in [0.15, 0.2) is 0 Å². The zero-order valence-electron chi connectivity index (χ0n) is 13.8. The van der Waals surface area contributed by atoms with Crippen molar-refractivity contribution in [3.63, 3.8) is 0 Å². The highest BCUT2D eigenvalue weighted by Crippen LogP contribution is 2.19. The summed E-state index contributed by atoms with van der Waals surface area (Å²) in [5.74, 6) is 0.744. The van der Waals surface area contributed by atoms with Crippen LogP contribution in [0.5, 0.6) is 0 Å². The van der Waals surface area contributed by atoms with Crippen LogP contribution in [0.15, 0.2) is 40.2 Å². The van der Waals surface area contributed by atoms with E-state index in [9.17, 15) is 4.79 Å². The van der Waals surface area contributed by atoms with E-state index >= 15 is 0 Å². The number of carbonyl (C=O) groups excluding carboxylic acids is 1. The number of rotatable bonds is 6. The number of hydrogen-bond donors (Lipinski definition) is 0. The van der Waals surface area contributed by atoms with Crippen molar-refractivity contribution in [3.8, 4) is 0 Å². The summed E-state index contributed by atoms with van der Waals surface area (Å²) in [6, 6.07) is 0. The van der Waals surface area contributed by atoms with Crippen LogP contribution in [0.4, 0.5) is 0 Å². The third-order valence-corrected chi connectivity index (χ3v) is 2.75. The molecule has 4 nitrogen and oxygen atoms in total. The summed E-state index contributed by atoms with van der Waals surface area (Å²) in [7, 11) is 1.67. The fourth-order valence-corrected chi connectivity index (χ4v) is 1.65. The fourth-order valence-electron chi connectivity index (χ4n) is 1.65. The molecule has 0 fully saturated rings. The predicted molar refractivity (Wildman–Crippen MR) is 87.3 cm³/mol. The highest BCUT2D eigenvalue weighted by molar-refractivity contribution is 5.72. The number of allylic oxidation sites excluding steroid dienone is 3. The predicted octanol–water partition coefficient (Wildman–Crippen LogP) is 4.19. The van der Waals surface area contributed by atoms with Crippen LogP contribution in [0.3, 0.4) is 0 Å². The molecule has 0 bridgehead atoms. The highest BCUT2D eigenvalue weighted by atomic mass is 16.5. The first kappa shape index (κ1) is 19.2. The lowest BCUT2D eigenvalue weighted by atomic mass is 10.0. The van der Waals surface area contributed by atoms with Gasteiger partial charge < -0.3 is 9.47 Å². The molecule has 118 valence electrons. The number of nitrogens with zero attached hydrogens (tertiary/aromatic N) is 1. The molecule has 0 unspecified atom stereocenters. The molecule has 0 aromatic heterocycles. The summed E-state index contributed by atoms with van der Waals surface area (Å²) in [6.45, 7) is 8.05. The lowest BCUT2D eigenvalue weighted by Gasteiger charge is -2.13. The van der Waals surface area contributed by atoms with E-state index in [1.54, 1.807) is 19.5 Å². The summed E-state index contributed by atoms with van der Waals surface area (Å²) in [6.07, 6.45) is 9.26. The van der Waals surface area contributed by atoms with Crippen LogP contribution in [0.25, 0.3) is 0 Å². The van der Waals surface area contributed by atoms with Gasteiger partial charge in [-0.25, -0.2) is 0 Å². The van der Waals surface area contributed by atoms with E-state index in [-0.39, 0.29) is 12.4 Å². The molecule has 0 saturated carbocycles. The van der Waals surface area contributed by atoms with Gasteiger partial charge in [0, 0.05) is 18.8 Å². The molecule has 1 aliphatic rings. The quantitative estimate of drug-likeness (QED) is 0.545. The van der Waals surface area contributed by atoms with E-state index < -0.39 is 0 Å². The first-order chi connectivity index (χ1) is 10.2. The monoisotopic (exact) mass is 293 g/mol. The summed E-state index contributed by atoms with van der Waals surface area (Å²) in [4.78, 5) is 15.6. The van der Waals surface area contributed by atoms with Crippen molar-refractivity contribution in [2.75, 3.05) is 13.7 Å². The van der Waals surface area contributed by atoms with Crippen LogP contribution in [0, 0.1) is 0 Å². The zero-order chi connectivity index (χ0) is 16.1. The van der Waals surface area contributed by atoms with Gasteiger partial charge in [-0.3, -0.25) is 9.79 Å². The molecule has 0 spiro atoms. The Morgan fingerprint density at radius 2 is 2.05 bits per heavy atom. The van der Waals surface area contributed by atoms with E-state index in [0.717, 1.165) is 29.7 Å². The SMILES string of the molecule is CC.CC=N/C=C(\C)CC(=O)OCC1=CC=C(OC)CC1. The van der Waals surface area contributed by atoms with Crippen LogP contribution in [0.1, 0.15) is 47.0 Å². The van der Waals surface area contributed by atoms with Gasteiger partial charge in [-0.2, -0.15) is 0 Å². The second-order valence-corrected chi connectivity index (χ2v) is 4.38. The third kappa shape index (κ3) is 8.84. The Morgan fingerprint density at radius 1 is 1.33 bits per heavy atom. The van der Waals surface area contributed by atoms with E-state index in [2.05, 4.69) is 4.99 Å². The Bertz CT molecular complexity index is 431. The fraction of sp³-hybridized carbons (Fsp3) is 0.529. The van der Waals surface area contributed by atoms with Crippen LogP contribution in [-0.2, 0) is 14.3 Å². The topological polar surface area (TPSA) is 47.9 Å². The molecule has 0 aromatic carbocycles. The maximum absolute atomic E-state index is 11.6. The minimum Gasteiger partial charge on any atom is -0.501 e. The first-order valence-corrected chi connectivity index (χ1v) is 7.37. The molecule has 0 heterocycles. The summed E-state index contributed by atoms with van der Waals surface area (Å²) in [5.41, 5.74) is 2.00. The molecule has 0 amide bonds. The Kier molecular flexibility index (Phi) is 10.9. The van der Waals surface area contributed by atoms with Gasteiger partial charge in [0.1, 0.15) is 6.61 Å². The normalized spacial score (nSPS) is 14.8.